The Hall–Kier alpha value is -6.94. The van der Waals surface area contributed by atoms with Crippen LogP contribution in [0.4, 0.5) is 11.4 Å². The predicted octanol–water partition coefficient (Wildman–Crippen LogP) is 9.39. The van der Waals surface area contributed by atoms with Crippen molar-refractivity contribution in [1.82, 2.24) is 0 Å². The van der Waals surface area contributed by atoms with Gasteiger partial charge in [0.05, 0.1) is 13.2 Å². The molecule has 0 atom stereocenters. The van der Waals surface area contributed by atoms with Crippen molar-refractivity contribution < 1.29 is 38.7 Å². The van der Waals surface area contributed by atoms with Crippen LogP contribution in [0, 0.1) is 0 Å². The molecule has 2 amide bonds. The number of para-hydroxylation sites is 4. The average molecular weight is 807 g/mol. The van der Waals surface area contributed by atoms with Gasteiger partial charge in [-0.1, -0.05) is 86.6 Å². The molecule has 0 unspecified atom stereocenters. The molecule has 0 saturated heterocycles. The van der Waals surface area contributed by atoms with E-state index in [-0.39, 0.29) is 36.5 Å². The minimum Gasteiger partial charge on any atom is -0.507 e. The largest absolute Gasteiger partial charge is 0.507 e. The van der Waals surface area contributed by atoms with E-state index in [4.69, 9.17) is 18.9 Å². The molecular weight excluding hydrogens is 757 g/mol. The zero-order valence-electron chi connectivity index (χ0n) is 34.0. The zero-order chi connectivity index (χ0) is 41.8. The van der Waals surface area contributed by atoms with E-state index in [1.807, 2.05) is 111 Å². The van der Waals surface area contributed by atoms with Gasteiger partial charge < -0.3 is 39.8 Å². The van der Waals surface area contributed by atoms with Crippen LogP contribution < -0.4 is 29.6 Å². The van der Waals surface area contributed by atoms with E-state index in [0.717, 1.165) is 46.6 Å². The lowest BCUT2D eigenvalue weighted by Gasteiger charge is -2.20. The van der Waals surface area contributed by atoms with E-state index >= 15 is 0 Å². The van der Waals surface area contributed by atoms with Gasteiger partial charge in [0.1, 0.15) is 34.5 Å². The second-order valence-corrected chi connectivity index (χ2v) is 14.8. The van der Waals surface area contributed by atoms with Gasteiger partial charge in [-0.3, -0.25) is 9.59 Å². The van der Waals surface area contributed by atoms with Crippen LogP contribution >= 0.6 is 0 Å². The SMILES string of the molecule is CCCOc1ccc(NC(=O)COc2c3cccc2Cc2cccc(c2O)Cc2cccc(c2OCC(=O)Nc2ccc(OCCC)cc2)Cc2cccc(c2O)C3)cc1. The standard InChI is InChI=1S/C50H50N2O8/c1-3-25-57-43-21-17-41(18-22-43)51-45(53)31-59-49-37-13-7-14-38(49)28-34-10-6-12-36(48(34)56)30-40-16-8-15-39(29-35-11-5-9-33(27-37)47(35)55)50(40)60-32-46(54)52-42-19-23-44(24-20-42)58-26-4-2/h5-24,55-56H,3-4,25-32H2,1-2H3,(H,51,53)(H,52,54). The molecule has 6 aromatic rings. The van der Waals surface area contributed by atoms with Gasteiger partial charge in [0, 0.05) is 37.1 Å². The maximum absolute atomic E-state index is 13.2. The van der Waals surface area contributed by atoms with Crippen LogP contribution in [0.2, 0.25) is 0 Å². The number of nitrogens with one attached hydrogen (secondary N) is 2. The highest BCUT2D eigenvalue weighted by molar-refractivity contribution is 5.92. The first-order valence-electron chi connectivity index (χ1n) is 20.4. The summed E-state index contributed by atoms with van der Waals surface area (Å²) in [5.74, 6) is 2.08. The topological polar surface area (TPSA) is 136 Å². The van der Waals surface area contributed by atoms with Crippen LogP contribution in [0.25, 0.3) is 0 Å². The van der Waals surface area contributed by atoms with Crippen LogP contribution in [0.1, 0.15) is 71.2 Å². The minimum atomic E-state index is -0.335. The third-order valence-corrected chi connectivity index (χ3v) is 10.2. The van der Waals surface area contributed by atoms with Crippen molar-refractivity contribution in [1.29, 1.82) is 0 Å². The Kier molecular flexibility index (Phi) is 13.5. The predicted molar refractivity (Wildman–Crippen MR) is 233 cm³/mol. The number of carbonyl (C=O) groups is 2. The molecule has 1 aliphatic rings. The van der Waals surface area contributed by atoms with E-state index in [1.54, 1.807) is 24.3 Å². The Morgan fingerprint density at radius 2 is 0.750 bits per heavy atom. The molecule has 60 heavy (non-hydrogen) atoms. The average Bonchev–Trinajstić information content (AvgIpc) is 3.25. The minimum absolute atomic E-state index is 0.133. The van der Waals surface area contributed by atoms with Gasteiger partial charge in [0.25, 0.3) is 11.8 Å². The molecule has 10 nitrogen and oxygen atoms in total. The number of benzene rings is 6. The van der Waals surface area contributed by atoms with Crippen molar-refractivity contribution in [3.8, 4) is 34.5 Å². The van der Waals surface area contributed by atoms with E-state index in [1.165, 1.54) is 0 Å². The number of ether oxygens (including phenoxy) is 4. The molecular formula is C50H50N2O8. The van der Waals surface area contributed by atoms with Gasteiger partial charge in [-0.05, 0) is 106 Å². The number of amides is 2. The van der Waals surface area contributed by atoms with Crippen molar-refractivity contribution in [2.75, 3.05) is 37.1 Å². The summed E-state index contributed by atoms with van der Waals surface area (Å²) in [6.45, 7) is 4.80. The first kappa shape index (κ1) is 41.2. The van der Waals surface area contributed by atoms with E-state index in [9.17, 15) is 19.8 Å². The quantitative estimate of drug-likeness (QED) is 0.0854. The molecule has 0 radical (unpaired) electrons. The van der Waals surface area contributed by atoms with Crippen molar-refractivity contribution >= 4 is 23.2 Å². The molecule has 10 heteroatoms. The monoisotopic (exact) mass is 806 g/mol. The molecule has 0 saturated carbocycles. The number of phenolic OH excluding ortho intramolecular Hbond substituents is 2. The molecule has 4 N–H and O–H groups in total. The molecule has 8 bridgehead atoms. The van der Waals surface area contributed by atoms with Crippen molar-refractivity contribution in [2.24, 2.45) is 0 Å². The molecule has 308 valence electrons. The normalized spacial score (nSPS) is 11.9. The highest BCUT2D eigenvalue weighted by Crippen LogP contribution is 2.38. The summed E-state index contributed by atoms with van der Waals surface area (Å²) < 4.78 is 24.0. The Balaban J connectivity index is 1.16. The fraction of sp³-hybridized carbons (Fsp3) is 0.240. The molecule has 1 aliphatic carbocycles. The Morgan fingerprint density at radius 3 is 1.05 bits per heavy atom. The summed E-state index contributed by atoms with van der Waals surface area (Å²) in [5.41, 5.74) is 7.01. The van der Waals surface area contributed by atoms with Crippen molar-refractivity contribution in [2.45, 2.75) is 52.4 Å². The molecule has 7 rings (SSSR count). The van der Waals surface area contributed by atoms with E-state index in [0.29, 0.717) is 84.0 Å². The third kappa shape index (κ3) is 10.4. The summed E-state index contributed by atoms with van der Waals surface area (Å²) in [6.07, 6.45) is 3.04. The maximum atomic E-state index is 13.2. The van der Waals surface area contributed by atoms with Gasteiger partial charge in [-0.25, -0.2) is 0 Å². The maximum Gasteiger partial charge on any atom is 0.262 e. The highest BCUT2D eigenvalue weighted by atomic mass is 16.5. The van der Waals surface area contributed by atoms with Crippen molar-refractivity contribution in [3.05, 3.63) is 166 Å². The van der Waals surface area contributed by atoms with Crippen molar-refractivity contribution in [3.63, 3.8) is 0 Å². The summed E-state index contributed by atoms with van der Waals surface area (Å²) in [7, 11) is 0. The first-order valence-corrected chi connectivity index (χ1v) is 20.4. The van der Waals surface area contributed by atoms with Gasteiger partial charge in [-0.2, -0.15) is 0 Å². The Morgan fingerprint density at radius 1 is 0.450 bits per heavy atom. The van der Waals surface area contributed by atoms with Crippen LogP contribution in [-0.4, -0.2) is 48.5 Å². The number of anilines is 2. The lowest BCUT2D eigenvalue weighted by atomic mass is 9.91. The number of carbonyl (C=O) groups excluding carboxylic acids is 2. The first-order chi connectivity index (χ1) is 29.3. The second kappa shape index (κ2) is 19.7. The fourth-order valence-corrected chi connectivity index (χ4v) is 7.26. The van der Waals surface area contributed by atoms with Crippen LogP contribution in [-0.2, 0) is 35.3 Å². The lowest BCUT2D eigenvalue weighted by molar-refractivity contribution is -0.118. The molecule has 0 heterocycles. The number of phenols is 2. The molecule has 0 aliphatic heterocycles. The lowest BCUT2D eigenvalue weighted by Crippen LogP contribution is -2.21. The summed E-state index contributed by atoms with van der Waals surface area (Å²) in [6, 6.07) is 37.2. The highest BCUT2D eigenvalue weighted by Gasteiger charge is 2.21. The summed E-state index contributed by atoms with van der Waals surface area (Å²) in [4.78, 5) is 26.5. The Labute approximate surface area is 350 Å². The van der Waals surface area contributed by atoms with Gasteiger partial charge >= 0.3 is 0 Å². The molecule has 0 fully saturated rings. The van der Waals surface area contributed by atoms with Crippen LogP contribution in [0.15, 0.2) is 121 Å². The smallest absolute Gasteiger partial charge is 0.262 e. The molecule has 0 spiro atoms. The molecule has 0 aromatic heterocycles. The van der Waals surface area contributed by atoms with E-state index < -0.39 is 0 Å². The van der Waals surface area contributed by atoms with Crippen LogP contribution in [0.3, 0.4) is 0 Å². The van der Waals surface area contributed by atoms with E-state index in [2.05, 4.69) is 10.6 Å². The third-order valence-electron chi connectivity index (χ3n) is 10.2. The van der Waals surface area contributed by atoms with Gasteiger partial charge in [0.2, 0.25) is 0 Å². The number of hydrogen-bond donors (Lipinski definition) is 4. The fourth-order valence-electron chi connectivity index (χ4n) is 7.26. The number of fused-ring (bicyclic) bond motifs is 8. The number of hydrogen-bond acceptors (Lipinski definition) is 8. The Bertz CT molecular complexity index is 2170. The summed E-state index contributed by atoms with van der Waals surface area (Å²) >= 11 is 0. The zero-order valence-corrected chi connectivity index (χ0v) is 34.0. The summed E-state index contributed by atoms with van der Waals surface area (Å²) in [5, 5.41) is 29.4. The second-order valence-electron chi connectivity index (χ2n) is 14.8. The van der Waals surface area contributed by atoms with Crippen LogP contribution in [0.5, 0.6) is 34.5 Å². The number of rotatable bonds is 14. The van der Waals surface area contributed by atoms with Gasteiger partial charge in [0.15, 0.2) is 13.2 Å². The number of aromatic hydroxyl groups is 2. The van der Waals surface area contributed by atoms with Gasteiger partial charge in [-0.15, -0.1) is 0 Å². The molecule has 6 aromatic carbocycles.